The van der Waals surface area contributed by atoms with E-state index in [2.05, 4.69) is 10.3 Å². The van der Waals surface area contributed by atoms with Crippen molar-refractivity contribution in [3.63, 3.8) is 0 Å². The molecule has 0 spiro atoms. The van der Waals surface area contributed by atoms with Crippen molar-refractivity contribution in [3.05, 3.63) is 29.0 Å². The van der Waals surface area contributed by atoms with Crippen LogP contribution in [0.4, 0.5) is 10.1 Å². The Morgan fingerprint density at radius 3 is 2.94 bits per heavy atom. The molecule has 1 aliphatic rings. The summed E-state index contributed by atoms with van der Waals surface area (Å²) in [5, 5.41) is 3.40. The summed E-state index contributed by atoms with van der Waals surface area (Å²) in [7, 11) is 0. The predicted molar refractivity (Wildman–Crippen MR) is 65.8 cm³/mol. The molecule has 1 aromatic rings. The smallest absolute Gasteiger partial charge is 0.148 e. The minimum atomic E-state index is -0.334. The number of amidine groups is 1. The molecule has 0 atom stereocenters. The van der Waals surface area contributed by atoms with E-state index in [9.17, 15) is 4.39 Å². The van der Waals surface area contributed by atoms with Gasteiger partial charge in [-0.3, -0.25) is 4.99 Å². The van der Waals surface area contributed by atoms with E-state index >= 15 is 0 Å². The Morgan fingerprint density at radius 2 is 2.12 bits per heavy atom. The maximum Gasteiger partial charge on any atom is 0.148 e. The average Bonchev–Trinajstić information content (AvgIpc) is 2.52. The summed E-state index contributed by atoms with van der Waals surface area (Å²) in [4.78, 5) is 4.38. The van der Waals surface area contributed by atoms with E-state index in [1.54, 1.807) is 12.1 Å². The molecule has 2 rings (SSSR count). The van der Waals surface area contributed by atoms with E-state index in [1.165, 1.54) is 12.5 Å². The number of para-hydroxylation sites is 1. The SMILES string of the molecule is Fc1cccc(Cl)c1NC1=NCCCCC1. The second kappa shape index (κ2) is 5.30. The van der Waals surface area contributed by atoms with Crippen LogP contribution in [0.2, 0.25) is 5.02 Å². The van der Waals surface area contributed by atoms with Crippen molar-refractivity contribution in [2.45, 2.75) is 25.7 Å². The fourth-order valence-electron chi connectivity index (χ4n) is 1.74. The molecular formula is C12H14ClFN2. The van der Waals surface area contributed by atoms with Crippen LogP contribution >= 0.6 is 11.6 Å². The first kappa shape index (κ1) is 11.4. The van der Waals surface area contributed by atoms with E-state index in [1.807, 2.05) is 0 Å². The van der Waals surface area contributed by atoms with Crippen molar-refractivity contribution >= 4 is 23.1 Å². The Hall–Kier alpha value is -1.09. The second-order valence-corrected chi connectivity index (χ2v) is 4.27. The van der Waals surface area contributed by atoms with E-state index in [-0.39, 0.29) is 5.82 Å². The Morgan fingerprint density at radius 1 is 1.25 bits per heavy atom. The first-order chi connectivity index (χ1) is 7.77. The third kappa shape index (κ3) is 2.73. The maximum absolute atomic E-state index is 13.5. The predicted octanol–water partition coefficient (Wildman–Crippen LogP) is 3.86. The number of anilines is 1. The molecule has 4 heteroatoms. The van der Waals surface area contributed by atoms with Crippen molar-refractivity contribution in [3.8, 4) is 0 Å². The maximum atomic E-state index is 13.5. The van der Waals surface area contributed by atoms with Gasteiger partial charge in [-0.1, -0.05) is 24.1 Å². The molecule has 0 aromatic heterocycles. The van der Waals surface area contributed by atoms with Gasteiger partial charge in [0.05, 0.1) is 10.7 Å². The Kier molecular flexibility index (Phi) is 3.78. The minimum Gasteiger partial charge on any atom is -0.340 e. The van der Waals surface area contributed by atoms with Gasteiger partial charge in [0.2, 0.25) is 0 Å². The van der Waals surface area contributed by atoms with Gasteiger partial charge in [0, 0.05) is 13.0 Å². The van der Waals surface area contributed by atoms with Crippen LogP contribution in [0.15, 0.2) is 23.2 Å². The van der Waals surface area contributed by atoms with Crippen LogP contribution in [0.5, 0.6) is 0 Å². The fourth-order valence-corrected chi connectivity index (χ4v) is 1.95. The zero-order chi connectivity index (χ0) is 11.4. The van der Waals surface area contributed by atoms with Crippen molar-refractivity contribution in [2.24, 2.45) is 4.99 Å². The quantitative estimate of drug-likeness (QED) is 0.792. The van der Waals surface area contributed by atoms with Gasteiger partial charge in [0.1, 0.15) is 11.7 Å². The lowest BCUT2D eigenvalue weighted by molar-refractivity contribution is 0.632. The number of nitrogens with one attached hydrogen (secondary N) is 1. The molecule has 1 heterocycles. The Labute approximate surface area is 99.5 Å². The highest BCUT2D eigenvalue weighted by atomic mass is 35.5. The molecule has 0 fully saturated rings. The zero-order valence-corrected chi connectivity index (χ0v) is 9.73. The average molecular weight is 241 g/mol. The lowest BCUT2D eigenvalue weighted by Gasteiger charge is -2.10. The standard InChI is InChI=1S/C12H14ClFN2/c13-9-5-4-6-10(14)12(9)16-11-7-2-1-3-8-15-11/h4-6H,1-3,7-8H2,(H,15,16). The van der Waals surface area contributed by atoms with Crippen LogP contribution in [0.1, 0.15) is 25.7 Å². The molecule has 2 nitrogen and oxygen atoms in total. The summed E-state index contributed by atoms with van der Waals surface area (Å²) in [6, 6.07) is 4.66. The first-order valence-corrected chi connectivity index (χ1v) is 5.89. The van der Waals surface area contributed by atoms with E-state index in [0.29, 0.717) is 10.7 Å². The third-order valence-corrected chi connectivity index (χ3v) is 2.92. The normalized spacial score (nSPS) is 16.5. The molecule has 1 aliphatic heterocycles. The van der Waals surface area contributed by atoms with Crippen molar-refractivity contribution in [1.29, 1.82) is 0 Å². The molecule has 1 N–H and O–H groups in total. The van der Waals surface area contributed by atoms with E-state index in [0.717, 1.165) is 31.6 Å². The van der Waals surface area contributed by atoms with Crippen molar-refractivity contribution in [2.75, 3.05) is 11.9 Å². The van der Waals surface area contributed by atoms with Crippen LogP contribution in [0.3, 0.4) is 0 Å². The van der Waals surface area contributed by atoms with Crippen molar-refractivity contribution < 1.29 is 4.39 Å². The molecule has 0 bridgehead atoms. The molecular weight excluding hydrogens is 227 g/mol. The molecule has 0 saturated carbocycles. The minimum absolute atomic E-state index is 0.334. The molecule has 16 heavy (non-hydrogen) atoms. The summed E-state index contributed by atoms with van der Waals surface area (Å²) in [5.74, 6) is 0.504. The van der Waals surface area contributed by atoms with Gasteiger partial charge in [0.15, 0.2) is 0 Å². The lowest BCUT2D eigenvalue weighted by Crippen LogP contribution is -2.13. The van der Waals surface area contributed by atoms with Gasteiger partial charge in [0.25, 0.3) is 0 Å². The van der Waals surface area contributed by atoms with E-state index < -0.39 is 0 Å². The van der Waals surface area contributed by atoms with Gasteiger partial charge >= 0.3 is 0 Å². The second-order valence-electron chi connectivity index (χ2n) is 3.86. The Bertz CT molecular complexity index is 384. The van der Waals surface area contributed by atoms with Crippen molar-refractivity contribution in [1.82, 2.24) is 0 Å². The highest BCUT2D eigenvalue weighted by Gasteiger charge is 2.10. The van der Waals surface area contributed by atoms with Gasteiger partial charge in [-0.2, -0.15) is 0 Å². The summed E-state index contributed by atoms with van der Waals surface area (Å²) < 4.78 is 13.5. The monoisotopic (exact) mass is 240 g/mol. The van der Waals surface area contributed by atoms with Crippen LogP contribution in [0.25, 0.3) is 0 Å². The molecule has 0 unspecified atom stereocenters. The highest BCUT2D eigenvalue weighted by Crippen LogP contribution is 2.25. The molecule has 0 amide bonds. The van der Waals surface area contributed by atoms with E-state index in [4.69, 9.17) is 11.6 Å². The zero-order valence-electron chi connectivity index (χ0n) is 8.97. The molecule has 1 aromatic carbocycles. The summed E-state index contributed by atoms with van der Waals surface area (Å²) >= 11 is 5.93. The van der Waals surface area contributed by atoms with Gasteiger partial charge in [-0.05, 0) is 25.0 Å². The fraction of sp³-hybridized carbons (Fsp3) is 0.417. The number of benzene rings is 1. The first-order valence-electron chi connectivity index (χ1n) is 5.52. The van der Waals surface area contributed by atoms with Crippen LogP contribution in [-0.4, -0.2) is 12.4 Å². The molecule has 0 radical (unpaired) electrons. The molecule has 0 aliphatic carbocycles. The topological polar surface area (TPSA) is 24.4 Å². The Balaban J connectivity index is 2.16. The van der Waals surface area contributed by atoms with Gasteiger partial charge < -0.3 is 5.32 Å². The number of nitrogens with zero attached hydrogens (tertiary/aromatic N) is 1. The van der Waals surface area contributed by atoms with Gasteiger partial charge in [-0.25, -0.2) is 4.39 Å². The van der Waals surface area contributed by atoms with Gasteiger partial charge in [-0.15, -0.1) is 0 Å². The number of hydrogen-bond donors (Lipinski definition) is 1. The number of halogens is 2. The summed E-state index contributed by atoms with van der Waals surface area (Å²) in [6.07, 6.45) is 4.25. The van der Waals surface area contributed by atoms with Crippen LogP contribution in [-0.2, 0) is 0 Å². The molecule has 0 saturated heterocycles. The van der Waals surface area contributed by atoms with Crippen LogP contribution in [0, 0.1) is 5.82 Å². The summed E-state index contributed by atoms with van der Waals surface area (Å²) in [5.41, 5.74) is 0.338. The summed E-state index contributed by atoms with van der Waals surface area (Å²) in [6.45, 7) is 0.814. The molecule has 86 valence electrons. The number of hydrogen-bond acceptors (Lipinski definition) is 2. The highest BCUT2D eigenvalue weighted by molar-refractivity contribution is 6.33. The number of rotatable bonds is 1. The van der Waals surface area contributed by atoms with Crippen LogP contribution < -0.4 is 5.32 Å². The lowest BCUT2D eigenvalue weighted by atomic mass is 10.2. The number of aliphatic imine (C=N–C) groups is 1. The third-order valence-electron chi connectivity index (χ3n) is 2.61. The largest absolute Gasteiger partial charge is 0.340 e.